The Balaban J connectivity index is 1.80. The van der Waals surface area contributed by atoms with Crippen LogP contribution in [0.2, 0.25) is 5.28 Å². The van der Waals surface area contributed by atoms with Crippen LogP contribution in [0.25, 0.3) is 10.8 Å². The lowest BCUT2D eigenvalue weighted by atomic mass is 10.1. The molecule has 0 saturated carbocycles. The van der Waals surface area contributed by atoms with Gasteiger partial charge in [-0.25, -0.2) is 12.6 Å². The summed E-state index contributed by atoms with van der Waals surface area (Å²) >= 11 is 6.06. The summed E-state index contributed by atoms with van der Waals surface area (Å²) in [7, 11) is -19.3. The van der Waals surface area contributed by atoms with E-state index in [1.807, 2.05) is 0 Å². The molecular formula is C27H25ClN8O16S4. The number of phenolic OH excluding ortho intramolecular Hbond substituents is 2. The highest BCUT2D eigenvalue weighted by Gasteiger charge is 2.26. The number of halogens is 1. The van der Waals surface area contributed by atoms with Gasteiger partial charge in [-0.05, 0) is 67.3 Å². The Morgan fingerprint density at radius 1 is 0.911 bits per heavy atom. The van der Waals surface area contributed by atoms with Crippen molar-refractivity contribution in [2.24, 2.45) is 10.2 Å². The minimum atomic E-state index is -5.31. The highest BCUT2D eigenvalue weighted by atomic mass is 35.5. The molecule has 0 amide bonds. The zero-order valence-corrected chi connectivity index (χ0v) is 32.0. The fourth-order valence-corrected chi connectivity index (χ4v) is 7.03. The van der Waals surface area contributed by atoms with Crippen molar-refractivity contribution in [1.29, 1.82) is 0 Å². The number of azo groups is 1. The first-order valence-electron chi connectivity index (χ1n) is 14.6. The van der Waals surface area contributed by atoms with E-state index in [0.29, 0.717) is 6.07 Å². The molecule has 300 valence electrons. The maximum atomic E-state index is 12.4. The van der Waals surface area contributed by atoms with Crippen molar-refractivity contribution >= 4 is 97.5 Å². The van der Waals surface area contributed by atoms with Crippen molar-refractivity contribution < 1.29 is 66.6 Å². The third-order valence-corrected chi connectivity index (χ3v) is 11.1. The van der Waals surface area contributed by atoms with Crippen LogP contribution in [0, 0.1) is 10.1 Å². The molecule has 0 aliphatic carbocycles. The molecule has 0 radical (unpaired) electrons. The molecule has 0 aliphatic heterocycles. The van der Waals surface area contributed by atoms with Crippen LogP contribution in [0.15, 0.2) is 79.2 Å². The Kier molecular flexibility index (Phi) is 12.6. The maximum absolute atomic E-state index is 12.4. The zero-order valence-electron chi connectivity index (χ0n) is 28.0. The first-order chi connectivity index (χ1) is 25.7. The molecule has 0 bridgehead atoms. The minimum absolute atomic E-state index is 0.181. The van der Waals surface area contributed by atoms with Crippen LogP contribution in [0.3, 0.4) is 0 Å². The van der Waals surface area contributed by atoms with E-state index in [1.165, 1.54) is 19.9 Å². The number of phenols is 2. The number of non-ortho nitro benzene ring substituents is 1. The summed E-state index contributed by atoms with van der Waals surface area (Å²) in [4.78, 5) is 19.9. The molecule has 0 unspecified atom stereocenters. The number of aromatic hydroxyl groups is 2. The van der Waals surface area contributed by atoms with Crippen LogP contribution in [0.5, 0.6) is 11.5 Å². The van der Waals surface area contributed by atoms with Gasteiger partial charge in [0, 0.05) is 28.1 Å². The number of benzene rings is 3. The quantitative estimate of drug-likeness (QED) is 0.0290. The van der Waals surface area contributed by atoms with E-state index < -0.39 is 124 Å². The number of hydrogen-bond donors (Lipinski definition) is 7. The molecule has 0 aliphatic rings. The number of nitrogens with zero attached hydrogens (tertiary/aromatic N) is 6. The number of nitro groups is 1. The average molecular weight is 881 g/mol. The van der Waals surface area contributed by atoms with E-state index >= 15 is 0 Å². The number of allylic oxidation sites excluding steroid dienone is 4. The number of fused-ring (bicyclic) bond motifs is 1. The molecule has 0 fully saturated rings. The maximum Gasteiger partial charge on any atom is 0.397 e. The Labute approximate surface area is 320 Å². The topological polar surface area (TPSA) is 378 Å². The predicted molar refractivity (Wildman–Crippen MR) is 195 cm³/mol. The fourth-order valence-electron chi connectivity index (χ4n) is 4.37. The summed E-state index contributed by atoms with van der Waals surface area (Å²) in [5.41, 5.74) is -2.41. The molecule has 56 heavy (non-hydrogen) atoms. The van der Waals surface area contributed by atoms with Gasteiger partial charge in [-0.2, -0.15) is 40.2 Å². The smallest absolute Gasteiger partial charge is 0.397 e. The molecule has 29 heteroatoms. The van der Waals surface area contributed by atoms with Gasteiger partial charge in [-0.1, -0.05) is 0 Å². The minimum Gasteiger partial charge on any atom is -0.506 e. The lowest BCUT2D eigenvalue weighted by Gasteiger charge is -2.15. The standard InChI is InChI=1S/C27H25ClN8O16S4/c1-13(3-4-14(2)53(41,42)8-7-52-56(49,50)51)29-26-31-25(28)32-27(33-26)30-19-12-17(54(43,44)45)9-15-10-21(55(46,47)48)23(24(38)22(15)19)35-34-18-11-16(36(39)40)5-6-20(18)37/h3-6,9-12,37-38H,7-8H2,1-2H3,(H,43,44,45)(H,46,47,48)(H,49,50,51)(H2,29,30,31,32,33)/b13-3+,14-4+,35-34?. The molecule has 3 aromatic carbocycles. The summed E-state index contributed by atoms with van der Waals surface area (Å²) in [5.74, 6) is -3.35. The predicted octanol–water partition coefficient (Wildman–Crippen LogP) is 4.10. The van der Waals surface area contributed by atoms with E-state index in [9.17, 15) is 63.1 Å². The molecule has 1 heterocycles. The summed E-state index contributed by atoms with van der Waals surface area (Å²) in [6, 6.07) is 4.68. The number of sulfone groups is 1. The van der Waals surface area contributed by atoms with E-state index in [4.69, 9.17) is 16.2 Å². The van der Waals surface area contributed by atoms with Crippen molar-refractivity contribution in [2.45, 2.75) is 23.6 Å². The Hall–Kier alpha value is -5.46. The molecule has 4 aromatic rings. The van der Waals surface area contributed by atoms with Gasteiger partial charge in [0.25, 0.3) is 25.9 Å². The highest BCUT2D eigenvalue weighted by Crippen LogP contribution is 2.46. The molecule has 4 rings (SSSR count). The molecule has 24 nitrogen and oxygen atoms in total. The van der Waals surface area contributed by atoms with Crippen LogP contribution in [-0.2, 0) is 44.7 Å². The van der Waals surface area contributed by atoms with Crippen LogP contribution in [0.1, 0.15) is 13.8 Å². The van der Waals surface area contributed by atoms with Crippen LogP contribution < -0.4 is 10.6 Å². The third-order valence-electron chi connectivity index (χ3n) is 6.93. The van der Waals surface area contributed by atoms with Crippen molar-refractivity contribution in [1.82, 2.24) is 15.0 Å². The van der Waals surface area contributed by atoms with Crippen LogP contribution >= 0.6 is 11.6 Å². The van der Waals surface area contributed by atoms with E-state index in [2.05, 4.69) is 40.0 Å². The SMILES string of the molecule is C/C(=C\C=C(/C)S(=O)(=O)CCOS(=O)(=O)O)Nc1nc(Cl)nc(Nc2cc(S(=O)(=O)O)cc3cc(S(=O)(=O)O)c(N=Nc4cc([N+](=O)[O-])ccc4O)c(O)c23)n1. The first kappa shape index (κ1) is 43.3. The zero-order chi connectivity index (χ0) is 42.0. The van der Waals surface area contributed by atoms with Gasteiger partial charge in [-0.3, -0.25) is 23.8 Å². The molecule has 0 saturated heterocycles. The summed E-state index contributed by atoms with van der Waals surface area (Å²) in [6.45, 7) is 1.77. The van der Waals surface area contributed by atoms with Crippen LogP contribution in [-0.4, -0.2) is 89.8 Å². The fraction of sp³-hybridized carbons (Fsp3) is 0.148. The van der Waals surface area contributed by atoms with Crippen LogP contribution in [0.4, 0.5) is 34.6 Å². The molecule has 0 atom stereocenters. The van der Waals surface area contributed by atoms with Crippen molar-refractivity contribution in [3.63, 3.8) is 0 Å². The van der Waals surface area contributed by atoms with Crippen molar-refractivity contribution in [3.8, 4) is 11.5 Å². The highest BCUT2D eigenvalue weighted by molar-refractivity contribution is 7.95. The van der Waals surface area contributed by atoms with Gasteiger partial charge in [0.1, 0.15) is 22.0 Å². The largest absolute Gasteiger partial charge is 0.506 e. The molecular weight excluding hydrogens is 856 g/mol. The second-order valence-corrected chi connectivity index (χ2v) is 17.4. The number of nitro benzene ring substituents is 1. The van der Waals surface area contributed by atoms with Gasteiger partial charge >= 0.3 is 10.4 Å². The van der Waals surface area contributed by atoms with E-state index in [0.717, 1.165) is 36.4 Å². The van der Waals surface area contributed by atoms with Gasteiger partial charge in [-0.15, -0.1) is 10.2 Å². The third kappa shape index (κ3) is 11.1. The first-order valence-corrected chi connectivity index (χ1v) is 20.9. The number of anilines is 3. The van der Waals surface area contributed by atoms with E-state index in [1.54, 1.807) is 0 Å². The van der Waals surface area contributed by atoms with E-state index in [-0.39, 0.29) is 16.6 Å². The summed E-state index contributed by atoms with van der Waals surface area (Å²) in [6.07, 6.45) is 2.37. The lowest BCUT2D eigenvalue weighted by molar-refractivity contribution is -0.384. The normalized spacial score (nSPS) is 13.3. The van der Waals surface area contributed by atoms with Crippen molar-refractivity contribution in [3.05, 3.63) is 74.6 Å². The van der Waals surface area contributed by atoms with Gasteiger partial charge in [0.15, 0.2) is 15.6 Å². The Morgan fingerprint density at radius 2 is 1.57 bits per heavy atom. The average Bonchev–Trinajstić information content (AvgIpc) is 3.05. The van der Waals surface area contributed by atoms with Gasteiger partial charge in [0.05, 0.1) is 27.9 Å². The Bertz CT molecular complexity index is 2820. The lowest BCUT2D eigenvalue weighted by Crippen LogP contribution is -2.15. The second-order valence-electron chi connectivity index (χ2n) is 10.9. The van der Waals surface area contributed by atoms with Crippen molar-refractivity contribution in [2.75, 3.05) is 23.0 Å². The monoisotopic (exact) mass is 880 g/mol. The number of nitrogens with one attached hydrogen (secondary N) is 2. The number of rotatable bonds is 15. The summed E-state index contributed by atoms with van der Waals surface area (Å²) < 4.78 is 128. The van der Waals surface area contributed by atoms with Gasteiger partial charge in [0.2, 0.25) is 17.2 Å². The van der Waals surface area contributed by atoms with Gasteiger partial charge < -0.3 is 20.8 Å². The number of hydrogen-bond acceptors (Lipinski definition) is 20. The second kappa shape index (κ2) is 16.3. The molecule has 0 spiro atoms. The molecule has 1 aromatic heterocycles. The molecule has 7 N–H and O–H groups in total. The summed E-state index contributed by atoms with van der Waals surface area (Å²) in [5, 5.41) is 43.7. The Morgan fingerprint density at radius 3 is 2.18 bits per heavy atom. The number of aromatic nitrogens is 3.